The second-order valence-corrected chi connectivity index (χ2v) is 3.89. The highest BCUT2D eigenvalue weighted by Crippen LogP contribution is 2.27. The van der Waals surface area contributed by atoms with Crippen molar-refractivity contribution in [3.05, 3.63) is 0 Å². The first-order valence-corrected chi connectivity index (χ1v) is 4.51. The van der Waals surface area contributed by atoms with E-state index in [4.69, 9.17) is 9.84 Å². The maximum absolute atomic E-state index is 11.1. The lowest BCUT2D eigenvalue weighted by Crippen LogP contribution is -2.57. The molecule has 4 nitrogen and oxygen atoms in total. The molecule has 0 bridgehead atoms. The van der Waals surface area contributed by atoms with Crippen LogP contribution in [0.25, 0.3) is 0 Å². The van der Waals surface area contributed by atoms with E-state index < -0.39 is 11.5 Å². The van der Waals surface area contributed by atoms with E-state index in [-0.39, 0.29) is 12.7 Å². The summed E-state index contributed by atoms with van der Waals surface area (Å²) in [5.74, 6) is -0.788. The van der Waals surface area contributed by atoms with Crippen LogP contribution in [0, 0.1) is 0 Å². The summed E-state index contributed by atoms with van der Waals surface area (Å²) < 4.78 is 5.39. The van der Waals surface area contributed by atoms with Gasteiger partial charge in [-0.15, -0.1) is 0 Å². The Morgan fingerprint density at radius 3 is 2.54 bits per heavy atom. The van der Waals surface area contributed by atoms with E-state index in [0.29, 0.717) is 6.42 Å². The van der Waals surface area contributed by atoms with E-state index in [2.05, 4.69) is 0 Å². The minimum Gasteiger partial charge on any atom is -0.480 e. The second kappa shape index (κ2) is 3.64. The number of carboxylic acid groups (broad SMARTS) is 1. The predicted molar refractivity (Wildman–Crippen MR) is 48.7 cm³/mol. The molecule has 13 heavy (non-hydrogen) atoms. The number of nitrogens with zero attached hydrogens (tertiary/aromatic N) is 1. The van der Waals surface area contributed by atoms with Crippen LogP contribution >= 0.6 is 0 Å². The van der Waals surface area contributed by atoms with Crippen molar-refractivity contribution < 1.29 is 14.6 Å². The van der Waals surface area contributed by atoms with Crippen LogP contribution in [-0.2, 0) is 9.53 Å². The van der Waals surface area contributed by atoms with Crippen LogP contribution in [0.2, 0.25) is 0 Å². The van der Waals surface area contributed by atoms with Crippen molar-refractivity contribution in [3.8, 4) is 0 Å². The molecular formula is C9H17NO3. The topological polar surface area (TPSA) is 49.8 Å². The van der Waals surface area contributed by atoms with Gasteiger partial charge in [-0.25, -0.2) is 0 Å². The van der Waals surface area contributed by atoms with Gasteiger partial charge in [0.05, 0.1) is 12.7 Å². The Balaban J connectivity index is 2.75. The average Bonchev–Trinajstić information content (AvgIpc) is 2.04. The molecular weight excluding hydrogens is 170 g/mol. The van der Waals surface area contributed by atoms with Crippen LogP contribution < -0.4 is 0 Å². The second-order valence-electron chi connectivity index (χ2n) is 3.89. The molecule has 1 saturated heterocycles. The van der Waals surface area contributed by atoms with E-state index in [1.165, 1.54) is 0 Å². The zero-order valence-corrected chi connectivity index (χ0v) is 8.41. The fourth-order valence-corrected chi connectivity index (χ4v) is 1.59. The van der Waals surface area contributed by atoms with E-state index in [9.17, 15) is 4.79 Å². The van der Waals surface area contributed by atoms with Gasteiger partial charge in [-0.2, -0.15) is 0 Å². The molecule has 0 spiro atoms. The maximum Gasteiger partial charge on any atom is 0.326 e. The van der Waals surface area contributed by atoms with E-state index in [1.54, 1.807) is 19.0 Å². The number of likely N-dealkylation sites (N-methyl/N-ethyl adjacent to an activating group) is 1. The highest BCUT2D eigenvalue weighted by Gasteiger charge is 2.44. The molecule has 1 aliphatic heterocycles. The molecule has 1 aliphatic rings. The Morgan fingerprint density at radius 2 is 2.23 bits per heavy atom. The van der Waals surface area contributed by atoms with Gasteiger partial charge in [0.2, 0.25) is 0 Å². The number of ether oxygens (including phenoxy) is 1. The third-order valence-electron chi connectivity index (χ3n) is 2.83. The quantitative estimate of drug-likeness (QED) is 0.686. The molecule has 0 aromatic heterocycles. The molecule has 1 N–H and O–H groups in total. The molecule has 0 aliphatic carbocycles. The third-order valence-corrected chi connectivity index (χ3v) is 2.83. The van der Waals surface area contributed by atoms with Crippen molar-refractivity contribution in [2.45, 2.75) is 31.4 Å². The summed E-state index contributed by atoms with van der Waals surface area (Å²) in [6, 6.07) is 0. The molecule has 2 unspecified atom stereocenters. The molecule has 1 fully saturated rings. The Hall–Kier alpha value is -0.610. The van der Waals surface area contributed by atoms with Crippen molar-refractivity contribution in [2.24, 2.45) is 0 Å². The number of hydrogen-bond acceptors (Lipinski definition) is 3. The maximum atomic E-state index is 11.1. The van der Waals surface area contributed by atoms with Gasteiger partial charge in [-0.1, -0.05) is 0 Å². The van der Waals surface area contributed by atoms with Gasteiger partial charge >= 0.3 is 5.97 Å². The lowest BCUT2D eigenvalue weighted by Gasteiger charge is -2.40. The largest absolute Gasteiger partial charge is 0.480 e. The van der Waals surface area contributed by atoms with Gasteiger partial charge in [0.25, 0.3) is 0 Å². The normalized spacial score (nSPS) is 34.9. The lowest BCUT2D eigenvalue weighted by atomic mass is 9.89. The number of hydrogen-bond donors (Lipinski definition) is 1. The number of aliphatic carboxylic acids is 1. The summed E-state index contributed by atoms with van der Waals surface area (Å²) >= 11 is 0. The number of carboxylic acids is 1. The van der Waals surface area contributed by atoms with Gasteiger partial charge in [0, 0.05) is 0 Å². The zero-order valence-electron chi connectivity index (χ0n) is 8.41. The summed E-state index contributed by atoms with van der Waals surface area (Å²) in [7, 11) is 3.57. The fraction of sp³-hybridized carbons (Fsp3) is 0.889. The summed E-state index contributed by atoms with van der Waals surface area (Å²) in [4.78, 5) is 12.8. The molecule has 0 aromatic carbocycles. The summed E-state index contributed by atoms with van der Waals surface area (Å²) in [5.41, 5.74) is -0.813. The highest BCUT2D eigenvalue weighted by atomic mass is 16.5. The molecule has 2 atom stereocenters. The Morgan fingerprint density at radius 1 is 1.62 bits per heavy atom. The molecule has 0 aromatic rings. The highest BCUT2D eigenvalue weighted by molar-refractivity contribution is 5.79. The molecule has 0 radical (unpaired) electrons. The number of rotatable bonds is 2. The minimum atomic E-state index is -0.813. The molecule has 0 amide bonds. The third kappa shape index (κ3) is 1.84. The van der Waals surface area contributed by atoms with Gasteiger partial charge in [0.15, 0.2) is 0 Å². The first kappa shape index (κ1) is 10.5. The van der Waals surface area contributed by atoms with Gasteiger partial charge in [-0.3, -0.25) is 9.69 Å². The van der Waals surface area contributed by atoms with Crippen LogP contribution in [0.1, 0.15) is 19.8 Å². The minimum absolute atomic E-state index is 0.187. The van der Waals surface area contributed by atoms with E-state index in [0.717, 1.165) is 6.42 Å². The van der Waals surface area contributed by atoms with Gasteiger partial charge in [-0.05, 0) is 33.9 Å². The van der Waals surface area contributed by atoms with E-state index in [1.807, 2.05) is 6.92 Å². The SMILES string of the molecule is CC1CCC(C(=O)O)(N(C)C)CO1. The summed E-state index contributed by atoms with van der Waals surface area (Å²) in [5, 5.41) is 9.12. The fourth-order valence-electron chi connectivity index (χ4n) is 1.59. The van der Waals surface area contributed by atoms with Gasteiger partial charge in [0.1, 0.15) is 5.54 Å². The van der Waals surface area contributed by atoms with Gasteiger partial charge < -0.3 is 9.84 Å². The Labute approximate surface area is 78.5 Å². The first-order valence-electron chi connectivity index (χ1n) is 4.51. The zero-order chi connectivity index (χ0) is 10.1. The predicted octanol–water partition coefficient (Wildman–Crippen LogP) is 0.570. The molecule has 76 valence electrons. The summed E-state index contributed by atoms with van der Waals surface area (Å²) in [6.45, 7) is 2.26. The first-order chi connectivity index (χ1) is 5.99. The molecule has 0 saturated carbocycles. The summed E-state index contributed by atoms with van der Waals surface area (Å²) in [6.07, 6.45) is 1.66. The molecule has 4 heteroatoms. The van der Waals surface area contributed by atoms with Crippen molar-refractivity contribution in [3.63, 3.8) is 0 Å². The molecule has 1 rings (SSSR count). The smallest absolute Gasteiger partial charge is 0.326 e. The standard InChI is InChI=1S/C9H17NO3/c1-7-4-5-9(6-13-7,8(11)12)10(2)3/h7H,4-6H2,1-3H3,(H,11,12). The Bertz CT molecular complexity index is 195. The van der Waals surface area contributed by atoms with Crippen LogP contribution in [0.3, 0.4) is 0 Å². The average molecular weight is 187 g/mol. The van der Waals surface area contributed by atoms with Crippen molar-refractivity contribution >= 4 is 5.97 Å². The van der Waals surface area contributed by atoms with Crippen LogP contribution in [0.4, 0.5) is 0 Å². The van der Waals surface area contributed by atoms with Crippen molar-refractivity contribution in [1.29, 1.82) is 0 Å². The lowest BCUT2D eigenvalue weighted by molar-refractivity contribution is -0.162. The van der Waals surface area contributed by atoms with E-state index >= 15 is 0 Å². The van der Waals surface area contributed by atoms with Crippen molar-refractivity contribution in [2.75, 3.05) is 20.7 Å². The Kier molecular flexibility index (Phi) is 2.93. The molecule has 1 heterocycles. The van der Waals surface area contributed by atoms with Crippen LogP contribution in [-0.4, -0.2) is 48.3 Å². The monoisotopic (exact) mass is 187 g/mol. The van der Waals surface area contributed by atoms with Crippen LogP contribution in [0.5, 0.6) is 0 Å². The van der Waals surface area contributed by atoms with Crippen LogP contribution in [0.15, 0.2) is 0 Å². The van der Waals surface area contributed by atoms with Crippen molar-refractivity contribution in [1.82, 2.24) is 4.90 Å². The number of carbonyl (C=O) groups is 1.